The molecule has 0 saturated carbocycles. The van der Waals surface area contributed by atoms with Gasteiger partial charge in [-0.05, 0) is 41.9 Å². The summed E-state index contributed by atoms with van der Waals surface area (Å²) in [5.74, 6) is 0.140. The summed E-state index contributed by atoms with van der Waals surface area (Å²) < 4.78 is 0. The third-order valence-electron chi connectivity index (χ3n) is 4.58. The Bertz CT molecular complexity index is 918. The predicted octanol–water partition coefficient (Wildman–Crippen LogP) is 5.97. The normalized spacial score (nSPS) is 11.6. The Morgan fingerprint density at radius 2 is 1.50 bits per heavy atom. The molecule has 3 aromatic rings. The highest BCUT2D eigenvalue weighted by Gasteiger charge is 2.13. The first-order valence-corrected chi connectivity index (χ1v) is 9.78. The van der Waals surface area contributed by atoms with Gasteiger partial charge in [0.25, 0.3) is 0 Å². The van der Waals surface area contributed by atoms with Crippen LogP contribution in [-0.2, 0) is 11.3 Å². The predicted molar refractivity (Wildman–Crippen MR) is 118 cm³/mol. The lowest BCUT2D eigenvalue weighted by Crippen LogP contribution is -2.21. The van der Waals surface area contributed by atoms with Crippen molar-refractivity contribution in [3.63, 3.8) is 0 Å². The van der Waals surface area contributed by atoms with Crippen LogP contribution in [0.15, 0.2) is 84.9 Å². The third-order valence-corrected chi connectivity index (χ3v) is 4.83. The van der Waals surface area contributed by atoms with E-state index in [9.17, 15) is 4.79 Å². The van der Waals surface area contributed by atoms with Gasteiger partial charge in [-0.3, -0.25) is 4.79 Å². The molecule has 3 heteroatoms. The molecule has 0 atom stereocenters. The molecule has 2 nitrogen and oxygen atoms in total. The number of Topliss-reactive ketones (excluding diaryl/α,β-unsaturated/α-hetero) is 1. The van der Waals surface area contributed by atoms with Gasteiger partial charge in [-0.2, -0.15) is 0 Å². The standard InChI is InChI=1S/C25H24ClNO/c1-27(19-21-8-4-2-5-9-21)17-16-25(28)24(22-10-6-3-7-11-22)18-20-12-14-23(26)15-13-20/h2-15,18H,16-17,19H2,1H3. The molecule has 0 N–H and O–H groups in total. The zero-order valence-electron chi connectivity index (χ0n) is 16.0. The summed E-state index contributed by atoms with van der Waals surface area (Å²) in [6, 6.07) is 27.7. The molecule has 0 fully saturated rings. The Balaban J connectivity index is 1.72. The van der Waals surface area contributed by atoms with Crippen LogP contribution in [0, 0.1) is 0 Å². The van der Waals surface area contributed by atoms with E-state index in [0.29, 0.717) is 18.0 Å². The van der Waals surface area contributed by atoms with Crippen LogP contribution in [0.1, 0.15) is 23.1 Å². The monoisotopic (exact) mass is 389 g/mol. The van der Waals surface area contributed by atoms with Crippen LogP contribution in [0.2, 0.25) is 5.02 Å². The van der Waals surface area contributed by atoms with Crippen molar-refractivity contribution >= 4 is 29.0 Å². The molecule has 0 spiro atoms. The maximum absolute atomic E-state index is 13.1. The number of allylic oxidation sites excluding steroid dienone is 1. The first-order chi connectivity index (χ1) is 13.6. The van der Waals surface area contributed by atoms with Crippen molar-refractivity contribution in [2.75, 3.05) is 13.6 Å². The lowest BCUT2D eigenvalue weighted by atomic mass is 9.97. The molecule has 0 radical (unpaired) electrons. The second kappa shape index (κ2) is 10.0. The minimum absolute atomic E-state index is 0.140. The molecule has 0 aromatic heterocycles. The van der Waals surface area contributed by atoms with Gasteiger partial charge in [-0.25, -0.2) is 0 Å². The lowest BCUT2D eigenvalue weighted by molar-refractivity contribution is -0.114. The molecule has 28 heavy (non-hydrogen) atoms. The molecule has 0 saturated heterocycles. The van der Waals surface area contributed by atoms with E-state index in [0.717, 1.165) is 23.2 Å². The highest BCUT2D eigenvalue weighted by molar-refractivity contribution is 6.30. The van der Waals surface area contributed by atoms with Gasteiger partial charge < -0.3 is 4.90 Å². The molecule has 0 heterocycles. The third kappa shape index (κ3) is 5.91. The number of hydrogen-bond donors (Lipinski definition) is 0. The number of ketones is 1. The van der Waals surface area contributed by atoms with E-state index in [4.69, 9.17) is 11.6 Å². The minimum atomic E-state index is 0.140. The summed E-state index contributed by atoms with van der Waals surface area (Å²) in [6.07, 6.45) is 2.42. The molecule has 142 valence electrons. The van der Waals surface area contributed by atoms with Crippen LogP contribution in [0.5, 0.6) is 0 Å². The number of nitrogens with zero attached hydrogens (tertiary/aromatic N) is 1. The van der Waals surface area contributed by atoms with E-state index in [2.05, 4.69) is 17.0 Å². The van der Waals surface area contributed by atoms with E-state index in [1.54, 1.807) is 0 Å². The highest BCUT2D eigenvalue weighted by atomic mass is 35.5. The zero-order chi connectivity index (χ0) is 19.8. The minimum Gasteiger partial charge on any atom is -0.302 e. The van der Waals surface area contributed by atoms with Crippen molar-refractivity contribution in [3.8, 4) is 0 Å². The molecule has 0 unspecified atom stereocenters. The Hall–Kier alpha value is -2.68. The summed E-state index contributed by atoms with van der Waals surface area (Å²) in [4.78, 5) is 15.2. The smallest absolute Gasteiger partial charge is 0.164 e. The Labute approximate surface area is 172 Å². The first-order valence-electron chi connectivity index (χ1n) is 9.40. The van der Waals surface area contributed by atoms with E-state index in [1.807, 2.05) is 85.9 Å². The molecule has 0 aliphatic carbocycles. The fourth-order valence-corrected chi connectivity index (χ4v) is 3.20. The molecule has 3 rings (SSSR count). The molecule has 0 bridgehead atoms. The molecular formula is C25H24ClNO. The number of carbonyl (C=O) groups excluding carboxylic acids is 1. The van der Waals surface area contributed by atoms with Crippen LogP contribution in [0.4, 0.5) is 0 Å². The summed E-state index contributed by atoms with van der Waals surface area (Å²) in [5.41, 5.74) is 3.89. The van der Waals surface area contributed by atoms with Gasteiger partial charge in [-0.15, -0.1) is 0 Å². The van der Waals surface area contributed by atoms with Crippen LogP contribution >= 0.6 is 11.6 Å². The van der Waals surface area contributed by atoms with E-state index in [-0.39, 0.29) is 5.78 Å². The zero-order valence-corrected chi connectivity index (χ0v) is 16.8. The lowest BCUT2D eigenvalue weighted by Gasteiger charge is -2.17. The van der Waals surface area contributed by atoms with E-state index < -0.39 is 0 Å². The largest absolute Gasteiger partial charge is 0.302 e. The fraction of sp³-hybridized carbons (Fsp3) is 0.160. The van der Waals surface area contributed by atoms with Crippen molar-refractivity contribution in [2.45, 2.75) is 13.0 Å². The second-order valence-corrected chi connectivity index (χ2v) is 7.31. The van der Waals surface area contributed by atoms with Crippen molar-refractivity contribution in [2.24, 2.45) is 0 Å². The fourth-order valence-electron chi connectivity index (χ4n) is 3.07. The van der Waals surface area contributed by atoms with Crippen molar-refractivity contribution in [1.29, 1.82) is 0 Å². The Kier molecular flexibility index (Phi) is 7.18. The molecule has 3 aromatic carbocycles. The highest BCUT2D eigenvalue weighted by Crippen LogP contribution is 2.22. The van der Waals surface area contributed by atoms with Gasteiger partial charge in [0, 0.05) is 30.1 Å². The summed E-state index contributed by atoms with van der Waals surface area (Å²) in [5, 5.41) is 0.687. The number of halogens is 1. The molecule has 0 aliphatic rings. The average molecular weight is 390 g/mol. The first kappa shape index (κ1) is 20.1. The molecule has 0 amide bonds. The summed E-state index contributed by atoms with van der Waals surface area (Å²) in [7, 11) is 2.05. The maximum atomic E-state index is 13.1. The van der Waals surface area contributed by atoms with Gasteiger partial charge >= 0.3 is 0 Å². The van der Waals surface area contributed by atoms with Gasteiger partial charge in [0.15, 0.2) is 5.78 Å². The second-order valence-electron chi connectivity index (χ2n) is 6.87. The van der Waals surface area contributed by atoms with Gasteiger partial charge in [0.05, 0.1) is 0 Å². The van der Waals surface area contributed by atoms with Crippen molar-refractivity contribution in [3.05, 3.63) is 107 Å². The van der Waals surface area contributed by atoms with Crippen LogP contribution < -0.4 is 0 Å². The average Bonchev–Trinajstić information content (AvgIpc) is 2.73. The van der Waals surface area contributed by atoms with Crippen molar-refractivity contribution < 1.29 is 4.79 Å². The quantitative estimate of drug-likeness (QED) is 0.349. The number of carbonyl (C=O) groups is 1. The topological polar surface area (TPSA) is 20.3 Å². The van der Waals surface area contributed by atoms with E-state index in [1.165, 1.54) is 5.56 Å². The van der Waals surface area contributed by atoms with Crippen LogP contribution in [0.3, 0.4) is 0 Å². The van der Waals surface area contributed by atoms with Crippen molar-refractivity contribution in [1.82, 2.24) is 4.90 Å². The van der Waals surface area contributed by atoms with Gasteiger partial charge in [0.1, 0.15) is 0 Å². The summed E-state index contributed by atoms with van der Waals surface area (Å²) in [6.45, 7) is 1.54. The SMILES string of the molecule is CN(CCC(=O)C(=Cc1ccc(Cl)cc1)c1ccccc1)Cc1ccccc1. The Morgan fingerprint density at radius 1 is 0.893 bits per heavy atom. The molecule has 0 aliphatic heterocycles. The van der Waals surface area contributed by atoms with Crippen LogP contribution in [-0.4, -0.2) is 24.3 Å². The number of rotatable bonds is 8. The maximum Gasteiger partial charge on any atom is 0.164 e. The van der Waals surface area contributed by atoms with Gasteiger partial charge in [-0.1, -0.05) is 84.4 Å². The van der Waals surface area contributed by atoms with E-state index >= 15 is 0 Å². The van der Waals surface area contributed by atoms with Gasteiger partial charge in [0.2, 0.25) is 0 Å². The number of hydrogen-bond acceptors (Lipinski definition) is 2. The van der Waals surface area contributed by atoms with Crippen LogP contribution in [0.25, 0.3) is 11.6 Å². The molecular weight excluding hydrogens is 366 g/mol. The summed E-state index contributed by atoms with van der Waals surface area (Å²) >= 11 is 5.99. The Morgan fingerprint density at radius 3 is 2.14 bits per heavy atom. The number of benzene rings is 3.